The minimum absolute atomic E-state index is 0.283. The molecule has 2 aromatic heterocycles. The largest absolute Gasteiger partial charge is 0.350 e. The summed E-state index contributed by atoms with van der Waals surface area (Å²) in [6, 6.07) is 19.7. The average molecular weight is 317 g/mol. The van der Waals surface area contributed by atoms with Crippen LogP contribution < -0.4 is 0 Å². The lowest BCUT2D eigenvalue weighted by molar-refractivity contribution is 0.217. The highest BCUT2D eigenvalue weighted by Crippen LogP contribution is 2.34. The second-order valence-corrected chi connectivity index (χ2v) is 6.53. The zero-order valence-electron chi connectivity index (χ0n) is 14.1. The zero-order valence-corrected chi connectivity index (χ0v) is 14.1. The predicted molar refractivity (Wildman–Crippen MR) is 96.7 cm³/mol. The predicted octanol–water partition coefficient (Wildman–Crippen LogP) is 4.19. The van der Waals surface area contributed by atoms with Crippen molar-refractivity contribution in [2.24, 2.45) is 0 Å². The minimum Gasteiger partial charge on any atom is -0.350 e. The van der Waals surface area contributed by atoms with Crippen LogP contribution in [0.5, 0.6) is 0 Å². The molecule has 0 aliphatic carbocycles. The average Bonchev–Trinajstić information content (AvgIpc) is 2.99. The first-order valence-electron chi connectivity index (χ1n) is 8.67. The number of benzene rings is 1. The van der Waals surface area contributed by atoms with Crippen LogP contribution in [0.15, 0.2) is 67.0 Å². The summed E-state index contributed by atoms with van der Waals surface area (Å²) >= 11 is 0. The van der Waals surface area contributed by atoms with Gasteiger partial charge < -0.3 is 4.57 Å². The molecule has 0 N–H and O–H groups in total. The van der Waals surface area contributed by atoms with E-state index in [-0.39, 0.29) is 6.04 Å². The normalized spacial score (nSPS) is 18.1. The van der Waals surface area contributed by atoms with E-state index in [0.717, 1.165) is 31.7 Å². The van der Waals surface area contributed by atoms with Crippen molar-refractivity contribution in [2.75, 3.05) is 6.54 Å². The third-order valence-corrected chi connectivity index (χ3v) is 4.93. The molecule has 1 aliphatic rings. The van der Waals surface area contributed by atoms with Crippen molar-refractivity contribution in [3.8, 4) is 0 Å². The summed E-state index contributed by atoms with van der Waals surface area (Å²) in [7, 11) is 0. The van der Waals surface area contributed by atoms with Gasteiger partial charge in [0.25, 0.3) is 0 Å². The van der Waals surface area contributed by atoms with Crippen LogP contribution >= 0.6 is 0 Å². The van der Waals surface area contributed by atoms with E-state index in [2.05, 4.69) is 76.1 Å². The standard InChI is InChI=1S/C21H23N3/c1-17-8-2-3-10-19(17)21-20-11-6-13-23(20)14-7-15-24(21)16-18-9-4-5-12-22-18/h2-6,8-13,21H,7,14-16H2,1H3. The van der Waals surface area contributed by atoms with Crippen LogP contribution in [0.3, 0.4) is 0 Å². The Morgan fingerprint density at radius 3 is 2.71 bits per heavy atom. The maximum atomic E-state index is 4.55. The van der Waals surface area contributed by atoms with E-state index < -0.39 is 0 Å². The SMILES string of the molecule is Cc1ccccc1C1c2cccn2CCCN1Cc1ccccn1. The van der Waals surface area contributed by atoms with Crippen molar-refractivity contribution in [2.45, 2.75) is 32.5 Å². The first-order valence-corrected chi connectivity index (χ1v) is 8.67. The molecular formula is C21H23N3. The third kappa shape index (κ3) is 2.87. The highest BCUT2D eigenvalue weighted by atomic mass is 15.2. The number of hydrogen-bond acceptors (Lipinski definition) is 2. The summed E-state index contributed by atoms with van der Waals surface area (Å²) in [5.41, 5.74) is 5.27. The van der Waals surface area contributed by atoms with Crippen LogP contribution in [-0.2, 0) is 13.1 Å². The Labute approximate surface area is 143 Å². The van der Waals surface area contributed by atoms with Gasteiger partial charge in [-0.25, -0.2) is 0 Å². The van der Waals surface area contributed by atoms with Gasteiger partial charge in [0.15, 0.2) is 0 Å². The maximum absolute atomic E-state index is 4.55. The van der Waals surface area contributed by atoms with Gasteiger partial charge in [-0.05, 0) is 48.7 Å². The van der Waals surface area contributed by atoms with Gasteiger partial charge in [-0.2, -0.15) is 0 Å². The van der Waals surface area contributed by atoms with Gasteiger partial charge in [0.2, 0.25) is 0 Å². The van der Waals surface area contributed by atoms with Crippen LogP contribution in [0.4, 0.5) is 0 Å². The summed E-state index contributed by atoms with van der Waals surface area (Å²) in [5, 5.41) is 0. The lowest BCUT2D eigenvalue weighted by atomic mass is 9.97. The van der Waals surface area contributed by atoms with E-state index in [9.17, 15) is 0 Å². The van der Waals surface area contributed by atoms with Crippen molar-refractivity contribution in [1.29, 1.82) is 0 Å². The number of aromatic nitrogens is 2. The van der Waals surface area contributed by atoms with Gasteiger partial charge in [0.05, 0.1) is 11.7 Å². The molecule has 24 heavy (non-hydrogen) atoms. The molecule has 0 saturated heterocycles. The number of rotatable bonds is 3. The molecule has 3 heteroatoms. The van der Waals surface area contributed by atoms with E-state index in [0.29, 0.717) is 0 Å². The van der Waals surface area contributed by atoms with Crippen molar-refractivity contribution < 1.29 is 0 Å². The fraction of sp³-hybridized carbons (Fsp3) is 0.286. The number of pyridine rings is 1. The van der Waals surface area contributed by atoms with Gasteiger partial charge >= 0.3 is 0 Å². The van der Waals surface area contributed by atoms with Crippen molar-refractivity contribution in [3.05, 3.63) is 89.5 Å². The lowest BCUT2D eigenvalue weighted by Crippen LogP contribution is -2.30. The Bertz CT molecular complexity index is 807. The topological polar surface area (TPSA) is 21.1 Å². The van der Waals surface area contributed by atoms with Crippen LogP contribution in [-0.4, -0.2) is 21.0 Å². The Morgan fingerprint density at radius 1 is 1.00 bits per heavy atom. The molecule has 3 aromatic rings. The minimum atomic E-state index is 0.283. The molecule has 0 spiro atoms. The van der Waals surface area contributed by atoms with Crippen LogP contribution in [0, 0.1) is 6.92 Å². The molecule has 122 valence electrons. The number of aryl methyl sites for hydroxylation is 2. The first kappa shape index (κ1) is 15.2. The number of hydrogen-bond donors (Lipinski definition) is 0. The monoisotopic (exact) mass is 317 g/mol. The van der Waals surface area contributed by atoms with Crippen molar-refractivity contribution in [3.63, 3.8) is 0 Å². The third-order valence-electron chi connectivity index (χ3n) is 4.93. The molecule has 1 aromatic carbocycles. The summed E-state index contributed by atoms with van der Waals surface area (Å²) in [6.45, 7) is 5.26. The Morgan fingerprint density at radius 2 is 1.88 bits per heavy atom. The summed E-state index contributed by atoms with van der Waals surface area (Å²) in [6.07, 6.45) is 5.26. The molecule has 4 rings (SSSR count). The molecule has 0 radical (unpaired) electrons. The molecule has 1 aliphatic heterocycles. The van der Waals surface area contributed by atoms with Gasteiger partial charge in [-0.1, -0.05) is 30.3 Å². The summed E-state index contributed by atoms with van der Waals surface area (Å²) in [4.78, 5) is 7.12. The molecule has 0 amide bonds. The van der Waals surface area contributed by atoms with Gasteiger partial charge in [0.1, 0.15) is 0 Å². The van der Waals surface area contributed by atoms with Gasteiger partial charge in [-0.15, -0.1) is 0 Å². The first-order chi connectivity index (χ1) is 11.8. The van der Waals surface area contributed by atoms with Gasteiger partial charge in [0, 0.05) is 37.7 Å². The molecule has 0 fully saturated rings. The Hall–Kier alpha value is -2.39. The quantitative estimate of drug-likeness (QED) is 0.722. The van der Waals surface area contributed by atoms with E-state index in [4.69, 9.17) is 0 Å². The molecule has 3 heterocycles. The fourth-order valence-electron chi connectivity index (χ4n) is 3.76. The summed E-state index contributed by atoms with van der Waals surface area (Å²) in [5.74, 6) is 0. The zero-order chi connectivity index (χ0) is 16.4. The summed E-state index contributed by atoms with van der Waals surface area (Å²) < 4.78 is 2.41. The van der Waals surface area contributed by atoms with Crippen LogP contribution in [0.25, 0.3) is 0 Å². The second-order valence-electron chi connectivity index (χ2n) is 6.53. The van der Waals surface area contributed by atoms with Gasteiger partial charge in [-0.3, -0.25) is 9.88 Å². The lowest BCUT2D eigenvalue weighted by Gasteiger charge is -2.31. The maximum Gasteiger partial charge on any atom is 0.0762 e. The van der Waals surface area contributed by atoms with Crippen molar-refractivity contribution >= 4 is 0 Å². The number of fused-ring (bicyclic) bond motifs is 1. The second kappa shape index (κ2) is 6.62. The van der Waals surface area contributed by atoms with Crippen molar-refractivity contribution in [1.82, 2.24) is 14.5 Å². The molecule has 0 saturated carbocycles. The Kier molecular flexibility index (Phi) is 4.18. The smallest absolute Gasteiger partial charge is 0.0762 e. The number of nitrogens with zero attached hydrogens (tertiary/aromatic N) is 3. The molecule has 1 atom stereocenters. The molecule has 3 nitrogen and oxygen atoms in total. The molecule has 0 bridgehead atoms. The van der Waals surface area contributed by atoms with E-state index >= 15 is 0 Å². The molecule has 1 unspecified atom stereocenters. The Balaban J connectivity index is 1.77. The van der Waals surface area contributed by atoms with E-state index in [1.807, 2.05) is 12.3 Å². The van der Waals surface area contributed by atoms with Crippen LogP contribution in [0.1, 0.15) is 35.0 Å². The fourth-order valence-corrected chi connectivity index (χ4v) is 3.76. The highest BCUT2D eigenvalue weighted by Gasteiger charge is 2.28. The van der Waals surface area contributed by atoms with E-state index in [1.165, 1.54) is 16.8 Å². The molecular weight excluding hydrogens is 294 g/mol. The van der Waals surface area contributed by atoms with Crippen LogP contribution in [0.2, 0.25) is 0 Å². The highest BCUT2D eigenvalue weighted by molar-refractivity contribution is 5.35. The van der Waals surface area contributed by atoms with E-state index in [1.54, 1.807) is 0 Å².